The van der Waals surface area contributed by atoms with Gasteiger partial charge in [-0.3, -0.25) is 0 Å². The number of aryl methyl sites for hydroxylation is 1. The number of halogens is 1. The van der Waals surface area contributed by atoms with Crippen molar-refractivity contribution in [3.8, 4) is 0 Å². The highest BCUT2D eigenvalue weighted by atomic mass is 79.9. The van der Waals surface area contributed by atoms with Gasteiger partial charge in [0.15, 0.2) is 0 Å². The summed E-state index contributed by atoms with van der Waals surface area (Å²) in [6.45, 7) is 3.98. The fourth-order valence-corrected chi connectivity index (χ4v) is 1.48. The minimum absolute atomic E-state index is 0.633. The van der Waals surface area contributed by atoms with Crippen LogP contribution in [0.25, 0.3) is 0 Å². The number of nitrogen functional groups attached to an aromatic ring is 2. The second-order valence-electron chi connectivity index (χ2n) is 2.63. The lowest BCUT2D eigenvalue weighted by molar-refractivity contribution is 1.34. The van der Waals surface area contributed by atoms with Crippen molar-refractivity contribution in [2.24, 2.45) is 0 Å². The average molecular weight is 215 g/mol. The molecular formula is C8H11BrN2. The molecule has 0 heterocycles. The zero-order chi connectivity index (χ0) is 8.59. The first-order valence-corrected chi connectivity index (χ1v) is 4.14. The van der Waals surface area contributed by atoms with Crippen LogP contribution in [0.1, 0.15) is 11.1 Å². The van der Waals surface area contributed by atoms with Crippen molar-refractivity contribution in [3.63, 3.8) is 0 Å². The third-order valence-electron chi connectivity index (χ3n) is 1.89. The maximum Gasteiger partial charge on any atom is 0.0695 e. The normalized spacial score (nSPS) is 10.1. The molecule has 0 aliphatic heterocycles. The van der Waals surface area contributed by atoms with E-state index in [1.165, 1.54) is 0 Å². The van der Waals surface area contributed by atoms with Crippen molar-refractivity contribution in [2.75, 3.05) is 11.5 Å². The lowest BCUT2D eigenvalue weighted by Crippen LogP contribution is -1.99. The summed E-state index contributed by atoms with van der Waals surface area (Å²) in [5.74, 6) is 0. The van der Waals surface area contributed by atoms with Gasteiger partial charge in [0.2, 0.25) is 0 Å². The minimum atomic E-state index is 0.633. The van der Waals surface area contributed by atoms with E-state index in [0.717, 1.165) is 15.6 Å². The van der Waals surface area contributed by atoms with E-state index in [4.69, 9.17) is 11.5 Å². The van der Waals surface area contributed by atoms with Crippen LogP contribution in [0.4, 0.5) is 11.4 Å². The Morgan fingerprint density at radius 1 is 1.18 bits per heavy atom. The van der Waals surface area contributed by atoms with E-state index in [9.17, 15) is 0 Å². The van der Waals surface area contributed by atoms with Gasteiger partial charge < -0.3 is 11.5 Å². The predicted octanol–water partition coefficient (Wildman–Crippen LogP) is 2.23. The molecule has 0 radical (unpaired) electrons. The first kappa shape index (κ1) is 8.40. The van der Waals surface area contributed by atoms with Crippen molar-refractivity contribution in [1.29, 1.82) is 0 Å². The summed E-state index contributed by atoms with van der Waals surface area (Å²) in [5, 5.41) is 0. The van der Waals surface area contributed by atoms with Gasteiger partial charge in [-0.2, -0.15) is 0 Å². The molecule has 0 fully saturated rings. The molecule has 0 saturated carbocycles. The third-order valence-corrected chi connectivity index (χ3v) is 2.54. The molecule has 0 amide bonds. The van der Waals surface area contributed by atoms with Crippen LogP contribution in [0.3, 0.4) is 0 Å². The van der Waals surface area contributed by atoms with Crippen LogP contribution in [0.15, 0.2) is 10.5 Å². The number of nitrogens with two attached hydrogens (primary N) is 2. The van der Waals surface area contributed by atoms with Crippen LogP contribution in [-0.4, -0.2) is 0 Å². The van der Waals surface area contributed by atoms with Crippen LogP contribution >= 0.6 is 15.9 Å². The summed E-state index contributed by atoms with van der Waals surface area (Å²) < 4.78 is 0.873. The molecule has 0 aliphatic carbocycles. The molecule has 1 aromatic carbocycles. The second-order valence-corrected chi connectivity index (χ2v) is 3.48. The monoisotopic (exact) mass is 214 g/mol. The standard InChI is InChI=1S/C8H11BrN2/c1-4-3-6(9)8(11)7(10)5(4)2/h3H,10-11H2,1-2H3. The van der Waals surface area contributed by atoms with Crippen LogP contribution in [0.2, 0.25) is 0 Å². The van der Waals surface area contributed by atoms with E-state index in [0.29, 0.717) is 11.4 Å². The molecule has 11 heavy (non-hydrogen) atoms. The fourth-order valence-electron chi connectivity index (χ4n) is 0.919. The summed E-state index contributed by atoms with van der Waals surface area (Å²) in [5.41, 5.74) is 14.9. The Bertz CT molecular complexity index is 268. The Balaban J connectivity index is 3.46. The van der Waals surface area contributed by atoms with Crippen LogP contribution in [0.5, 0.6) is 0 Å². The highest BCUT2D eigenvalue weighted by Crippen LogP contribution is 2.30. The number of rotatable bonds is 0. The molecule has 1 rings (SSSR count). The van der Waals surface area contributed by atoms with Gasteiger partial charge in [0, 0.05) is 4.47 Å². The summed E-state index contributed by atoms with van der Waals surface area (Å²) in [7, 11) is 0. The van der Waals surface area contributed by atoms with Crippen LogP contribution in [0, 0.1) is 13.8 Å². The Hall–Kier alpha value is -0.700. The van der Waals surface area contributed by atoms with Gasteiger partial charge in [0.25, 0.3) is 0 Å². The predicted molar refractivity (Wildman–Crippen MR) is 52.4 cm³/mol. The molecule has 0 atom stereocenters. The molecule has 0 spiro atoms. The molecule has 0 saturated heterocycles. The van der Waals surface area contributed by atoms with E-state index in [-0.39, 0.29) is 0 Å². The summed E-state index contributed by atoms with van der Waals surface area (Å²) in [4.78, 5) is 0. The highest BCUT2D eigenvalue weighted by Gasteiger charge is 2.05. The van der Waals surface area contributed by atoms with Crippen LogP contribution < -0.4 is 11.5 Å². The quantitative estimate of drug-likeness (QED) is 0.652. The SMILES string of the molecule is Cc1cc(Br)c(N)c(N)c1C. The molecule has 60 valence electrons. The van der Waals surface area contributed by atoms with Crippen LogP contribution in [-0.2, 0) is 0 Å². The average Bonchev–Trinajstić information content (AvgIpc) is 1.97. The molecule has 0 aromatic heterocycles. The van der Waals surface area contributed by atoms with Crippen molar-refractivity contribution in [1.82, 2.24) is 0 Å². The van der Waals surface area contributed by atoms with Gasteiger partial charge in [-0.25, -0.2) is 0 Å². The number of hydrogen-bond acceptors (Lipinski definition) is 2. The molecule has 2 nitrogen and oxygen atoms in total. The zero-order valence-corrected chi connectivity index (χ0v) is 8.20. The summed E-state index contributed by atoms with van der Waals surface area (Å²) in [6, 6.07) is 1.97. The number of anilines is 2. The van der Waals surface area contributed by atoms with Crippen molar-refractivity contribution >= 4 is 27.3 Å². The molecule has 4 N–H and O–H groups in total. The maximum absolute atomic E-state index is 5.73. The van der Waals surface area contributed by atoms with Gasteiger partial charge in [0.05, 0.1) is 11.4 Å². The summed E-state index contributed by atoms with van der Waals surface area (Å²) >= 11 is 3.33. The first-order valence-electron chi connectivity index (χ1n) is 3.34. The van der Waals surface area contributed by atoms with Gasteiger partial charge in [-0.15, -0.1) is 0 Å². The Morgan fingerprint density at radius 3 is 2.27 bits per heavy atom. The smallest absolute Gasteiger partial charge is 0.0695 e. The van der Waals surface area contributed by atoms with Crippen molar-refractivity contribution < 1.29 is 0 Å². The molecular weight excluding hydrogens is 204 g/mol. The first-order chi connectivity index (χ1) is 5.04. The Labute approximate surface area is 74.7 Å². The summed E-state index contributed by atoms with van der Waals surface area (Å²) in [6.07, 6.45) is 0. The number of benzene rings is 1. The lowest BCUT2D eigenvalue weighted by atomic mass is 10.1. The topological polar surface area (TPSA) is 52.0 Å². The van der Waals surface area contributed by atoms with E-state index in [2.05, 4.69) is 15.9 Å². The molecule has 0 aliphatic rings. The highest BCUT2D eigenvalue weighted by molar-refractivity contribution is 9.10. The maximum atomic E-state index is 5.73. The molecule has 0 unspecified atom stereocenters. The molecule has 0 bridgehead atoms. The molecule has 3 heteroatoms. The van der Waals surface area contributed by atoms with E-state index in [1.54, 1.807) is 0 Å². The largest absolute Gasteiger partial charge is 0.397 e. The zero-order valence-electron chi connectivity index (χ0n) is 6.61. The lowest BCUT2D eigenvalue weighted by Gasteiger charge is -2.08. The van der Waals surface area contributed by atoms with E-state index < -0.39 is 0 Å². The fraction of sp³-hybridized carbons (Fsp3) is 0.250. The Kier molecular flexibility index (Phi) is 2.09. The van der Waals surface area contributed by atoms with Crippen molar-refractivity contribution in [2.45, 2.75) is 13.8 Å². The van der Waals surface area contributed by atoms with Gasteiger partial charge >= 0.3 is 0 Å². The van der Waals surface area contributed by atoms with E-state index in [1.807, 2.05) is 19.9 Å². The van der Waals surface area contributed by atoms with Gasteiger partial charge in [-0.1, -0.05) is 0 Å². The third kappa shape index (κ3) is 1.33. The molecule has 1 aromatic rings. The van der Waals surface area contributed by atoms with Gasteiger partial charge in [0.1, 0.15) is 0 Å². The number of hydrogen-bond donors (Lipinski definition) is 2. The van der Waals surface area contributed by atoms with Crippen molar-refractivity contribution in [3.05, 3.63) is 21.7 Å². The minimum Gasteiger partial charge on any atom is -0.397 e. The van der Waals surface area contributed by atoms with E-state index >= 15 is 0 Å². The Morgan fingerprint density at radius 2 is 1.73 bits per heavy atom. The van der Waals surface area contributed by atoms with Gasteiger partial charge in [-0.05, 0) is 47.0 Å². The second kappa shape index (κ2) is 2.74.